The summed E-state index contributed by atoms with van der Waals surface area (Å²) in [5, 5.41) is 2.02. The van der Waals surface area contributed by atoms with Crippen LogP contribution in [-0.4, -0.2) is 28.0 Å². The summed E-state index contributed by atoms with van der Waals surface area (Å²) in [6.45, 7) is 4.26. The quantitative estimate of drug-likeness (QED) is 0.681. The molecule has 0 atom stereocenters. The second-order valence-corrected chi connectivity index (χ2v) is 7.45. The lowest BCUT2D eigenvalue weighted by Gasteiger charge is -2.39. The van der Waals surface area contributed by atoms with Crippen molar-refractivity contribution in [3.05, 3.63) is 59.5 Å². The fraction of sp³-hybridized carbons (Fsp3) is 0.211. The maximum absolute atomic E-state index is 13.9. The van der Waals surface area contributed by atoms with Crippen molar-refractivity contribution in [3.63, 3.8) is 0 Å². The second-order valence-electron chi connectivity index (χ2n) is 6.59. The number of ether oxygens (including phenoxy) is 1. The number of carbonyl (C=O) groups is 1. The fourth-order valence-corrected chi connectivity index (χ4v) is 3.70. The van der Waals surface area contributed by atoms with Crippen molar-refractivity contribution in [1.29, 1.82) is 0 Å². The summed E-state index contributed by atoms with van der Waals surface area (Å²) in [4.78, 5) is 23.1. The van der Waals surface area contributed by atoms with Gasteiger partial charge >= 0.3 is 0 Å². The molecule has 5 nitrogen and oxygen atoms in total. The molecule has 0 aliphatic carbocycles. The summed E-state index contributed by atoms with van der Waals surface area (Å²) in [6.07, 6.45) is 1.50. The van der Waals surface area contributed by atoms with Gasteiger partial charge in [-0.1, -0.05) is 12.1 Å². The van der Waals surface area contributed by atoms with Gasteiger partial charge in [-0.25, -0.2) is 9.37 Å². The maximum Gasteiger partial charge on any atom is 0.278 e. The third-order valence-electron chi connectivity index (χ3n) is 4.01. The molecule has 132 valence electrons. The number of anilines is 1. The Kier molecular flexibility index (Phi) is 3.96. The molecule has 0 saturated carbocycles. The first-order valence-electron chi connectivity index (χ1n) is 8.11. The number of hydrogen-bond donors (Lipinski definition) is 0. The van der Waals surface area contributed by atoms with E-state index in [4.69, 9.17) is 4.74 Å². The monoisotopic (exact) mass is 369 g/mol. The van der Waals surface area contributed by atoms with Crippen molar-refractivity contribution < 1.29 is 13.9 Å². The Balaban J connectivity index is 1.70. The molecule has 1 amide bonds. The molecule has 0 bridgehead atoms. The van der Waals surface area contributed by atoms with E-state index in [1.807, 2.05) is 38.1 Å². The number of pyridine rings is 1. The number of nitrogens with zero attached hydrogens (tertiary/aromatic N) is 3. The molecule has 3 heterocycles. The van der Waals surface area contributed by atoms with Crippen LogP contribution in [0.3, 0.4) is 0 Å². The summed E-state index contributed by atoms with van der Waals surface area (Å²) in [6, 6.07) is 10.3. The lowest BCUT2D eigenvalue weighted by molar-refractivity contribution is 0.0834. The van der Waals surface area contributed by atoms with E-state index in [-0.39, 0.29) is 17.3 Å². The molecule has 1 aliphatic heterocycles. The van der Waals surface area contributed by atoms with Gasteiger partial charge in [0.2, 0.25) is 0 Å². The molecule has 0 spiro atoms. The molecule has 0 saturated heterocycles. The van der Waals surface area contributed by atoms with E-state index >= 15 is 0 Å². The maximum atomic E-state index is 13.9. The van der Waals surface area contributed by atoms with Gasteiger partial charge in [0, 0.05) is 11.6 Å². The third kappa shape index (κ3) is 2.94. The van der Waals surface area contributed by atoms with E-state index in [0.717, 1.165) is 0 Å². The molecule has 1 aromatic carbocycles. The molecule has 3 aromatic rings. The van der Waals surface area contributed by atoms with E-state index in [9.17, 15) is 9.18 Å². The van der Waals surface area contributed by atoms with E-state index in [1.165, 1.54) is 29.7 Å². The summed E-state index contributed by atoms with van der Waals surface area (Å²) in [5.74, 6) is -0.0466. The number of carbonyl (C=O) groups excluding carboxylic acids is 1. The zero-order valence-electron chi connectivity index (χ0n) is 14.3. The molecule has 7 heteroatoms. The largest absolute Gasteiger partial charge is 0.484 e. The van der Waals surface area contributed by atoms with Crippen LogP contribution in [0.5, 0.6) is 5.75 Å². The average Bonchev–Trinajstić information content (AvgIpc) is 3.10. The SMILES string of the molecule is CC1(C)CN(C(=O)c2csc(-c3ncccc3F)n2)c2ccccc2O1. The van der Waals surface area contributed by atoms with Crippen molar-refractivity contribution in [2.75, 3.05) is 11.4 Å². The van der Waals surface area contributed by atoms with Crippen LogP contribution in [0.25, 0.3) is 10.7 Å². The number of rotatable bonds is 2. The molecule has 4 rings (SSSR count). The first-order valence-corrected chi connectivity index (χ1v) is 8.99. The number of aromatic nitrogens is 2. The molecule has 2 aromatic heterocycles. The van der Waals surface area contributed by atoms with Crippen molar-refractivity contribution in [2.45, 2.75) is 19.4 Å². The van der Waals surface area contributed by atoms with Gasteiger partial charge in [-0.2, -0.15) is 0 Å². The predicted molar refractivity (Wildman–Crippen MR) is 98.1 cm³/mol. The minimum atomic E-state index is -0.518. The Hall–Kier alpha value is -2.80. The van der Waals surface area contributed by atoms with Crippen molar-refractivity contribution >= 4 is 22.9 Å². The molecular formula is C19H16FN3O2S. The highest BCUT2D eigenvalue weighted by atomic mass is 32.1. The number of hydrogen-bond acceptors (Lipinski definition) is 5. The lowest BCUT2D eigenvalue weighted by Crippen LogP contribution is -2.49. The van der Waals surface area contributed by atoms with Crippen molar-refractivity contribution in [3.8, 4) is 16.5 Å². The normalized spacial score (nSPS) is 15.3. The highest BCUT2D eigenvalue weighted by molar-refractivity contribution is 7.13. The second kappa shape index (κ2) is 6.17. The number of fused-ring (bicyclic) bond motifs is 1. The highest BCUT2D eigenvalue weighted by Crippen LogP contribution is 2.37. The number of thiazole rings is 1. The number of benzene rings is 1. The molecule has 26 heavy (non-hydrogen) atoms. The van der Waals surface area contributed by atoms with Gasteiger partial charge < -0.3 is 4.74 Å². The van der Waals surface area contributed by atoms with Gasteiger partial charge in [-0.15, -0.1) is 11.3 Å². The fourth-order valence-electron chi connectivity index (χ4n) is 2.91. The van der Waals surface area contributed by atoms with Crippen LogP contribution in [0.4, 0.5) is 10.1 Å². The van der Waals surface area contributed by atoms with Crippen LogP contribution in [0.1, 0.15) is 24.3 Å². The molecule has 0 fully saturated rings. The van der Waals surface area contributed by atoms with Gasteiger partial charge in [-0.3, -0.25) is 14.7 Å². The van der Waals surface area contributed by atoms with Crippen LogP contribution in [0, 0.1) is 5.82 Å². The lowest BCUT2D eigenvalue weighted by atomic mass is 10.0. The minimum Gasteiger partial charge on any atom is -0.484 e. The summed E-state index contributed by atoms with van der Waals surface area (Å²) >= 11 is 1.20. The molecule has 0 N–H and O–H groups in total. The number of para-hydroxylation sites is 2. The van der Waals surface area contributed by atoms with Gasteiger partial charge in [0.25, 0.3) is 5.91 Å². The van der Waals surface area contributed by atoms with Gasteiger partial charge in [0.1, 0.15) is 27.7 Å². The zero-order chi connectivity index (χ0) is 18.3. The molecule has 0 unspecified atom stereocenters. The number of amides is 1. The Morgan fingerprint density at radius 2 is 2.08 bits per heavy atom. The van der Waals surface area contributed by atoms with Crippen LogP contribution < -0.4 is 9.64 Å². The predicted octanol–water partition coefficient (Wildman–Crippen LogP) is 4.16. The van der Waals surface area contributed by atoms with Gasteiger partial charge in [0.05, 0.1) is 12.2 Å². The first kappa shape index (κ1) is 16.7. The van der Waals surface area contributed by atoms with E-state index < -0.39 is 11.4 Å². The topological polar surface area (TPSA) is 55.3 Å². The summed E-state index contributed by atoms with van der Waals surface area (Å²) in [5.41, 5.74) is 0.605. The molecular weight excluding hydrogens is 353 g/mol. The Bertz CT molecular complexity index is 986. The van der Waals surface area contributed by atoms with Crippen LogP contribution in [0.2, 0.25) is 0 Å². The summed E-state index contributed by atoms with van der Waals surface area (Å²) in [7, 11) is 0. The van der Waals surface area contributed by atoms with Crippen molar-refractivity contribution in [2.24, 2.45) is 0 Å². The van der Waals surface area contributed by atoms with E-state index in [2.05, 4.69) is 9.97 Å². The van der Waals surface area contributed by atoms with E-state index in [1.54, 1.807) is 10.3 Å². The van der Waals surface area contributed by atoms with Crippen LogP contribution in [0.15, 0.2) is 48.0 Å². The van der Waals surface area contributed by atoms with Gasteiger partial charge in [-0.05, 0) is 38.1 Å². The third-order valence-corrected chi connectivity index (χ3v) is 4.86. The molecule has 0 radical (unpaired) electrons. The van der Waals surface area contributed by atoms with Gasteiger partial charge in [0.15, 0.2) is 5.82 Å². The Labute approximate surface area is 154 Å². The first-order chi connectivity index (χ1) is 12.4. The Morgan fingerprint density at radius 1 is 1.27 bits per heavy atom. The smallest absolute Gasteiger partial charge is 0.278 e. The standard InChI is InChI=1S/C19H16FN3O2S/c1-19(2)11-23(14-7-3-4-8-15(14)25-19)18(24)13-10-26-17(22-13)16-12(20)6-5-9-21-16/h3-10H,11H2,1-2H3. The molecule has 1 aliphatic rings. The average molecular weight is 369 g/mol. The van der Waals surface area contributed by atoms with Crippen molar-refractivity contribution in [1.82, 2.24) is 9.97 Å². The van der Waals surface area contributed by atoms with E-state index in [0.29, 0.717) is 23.0 Å². The summed E-state index contributed by atoms with van der Waals surface area (Å²) < 4.78 is 19.9. The Morgan fingerprint density at radius 3 is 2.88 bits per heavy atom. The van der Waals surface area contributed by atoms with Crippen LogP contribution in [-0.2, 0) is 0 Å². The number of halogens is 1. The zero-order valence-corrected chi connectivity index (χ0v) is 15.1. The highest BCUT2D eigenvalue weighted by Gasteiger charge is 2.35. The van der Waals surface area contributed by atoms with Crippen LogP contribution >= 0.6 is 11.3 Å². The minimum absolute atomic E-state index is 0.152.